The maximum absolute atomic E-state index is 14.1. The fourth-order valence-corrected chi connectivity index (χ4v) is 7.92. The standard InChI is InChI=1S/C29H24Cl2N2O6/c1-4-39-28(38)21-13(2)18-19-22(26(36)32(24(19)34)16-9-5-7-14(30)11-16)29(21,3)23-20(18)25(35)33(27(23)37)17-10-6-8-15(31)12-17/h5-12,18-20,22-23H,4H2,1-3H3/t18?,19-,20+,22-,23-,29?/m1/s1. The average molecular weight is 567 g/mol. The molecule has 39 heavy (non-hydrogen) atoms. The maximum Gasteiger partial charge on any atom is 0.334 e. The van der Waals surface area contributed by atoms with Gasteiger partial charge < -0.3 is 4.74 Å². The van der Waals surface area contributed by atoms with Crippen LogP contribution in [0, 0.1) is 35.0 Å². The zero-order valence-electron chi connectivity index (χ0n) is 21.3. The van der Waals surface area contributed by atoms with E-state index in [2.05, 4.69) is 0 Å². The summed E-state index contributed by atoms with van der Waals surface area (Å²) in [5.41, 5.74) is -0.176. The first-order valence-corrected chi connectivity index (χ1v) is 13.4. The van der Waals surface area contributed by atoms with Crippen LogP contribution in [0.2, 0.25) is 10.0 Å². The van der Waals surface area contributed by atoms with E-state index < -0.39 is 64.6 Å². The summed E-state index contributed by atoms with van der Waals surface area (Å²) in [5, 5.41) is 0.691. The number of rotatable bonds is 4. The van der Waals surface area contributed by atoms with Gasteiger partial charge in [0, 0.05) is 27.0 Å². The van der Waals surface area contributed by atoms with Crippen molar-refractivity contribution in [3.05, 3.63) is 69.7 Å². The Morgan fingerprint density at radius 2 is 1.28 bits per heavy atom. The molecule has 6 atom stereocenters. The van der Waals surface area contributed by atoms with Gasteiger partial charge in [0.2, 0.25) is 23.6 Å². The van der Waals surface area contributed by atoms with Crippen LogP contribution in [0.3, 0.4) is 0 Å². The number of carbonyl (C=O) groups excluding carboxylic acids is 5. The van der Waals surface area contributed by atoms with Crippen LogP contribution in [0.5, 0.6) is 0 Å². The molecule has 0 aromatic heterocycles. The van der Waals surface area contributed by atoms with Crippen LogP contribution in [0.15, 0.2) is 59.7 Å². The van der Waals surface area contributed by atoms with E-state index in [1.54, 1.807) is 57.2 Å². The number of nitrogens with zero attached hydrogens (tertiary/aromatic N) is 2. The molecule has 3 aliphatic carbocycles. The Morgan fingerprint density at radius 1 is 0.821 bits per heavy atom. The molecule has 0 spiro atoms. The largest absolute Gasteiger partial charge is 0.463 e. The van der Waals surface area contributed by atoms with E-state index in [1.165, 1.54) is 12.1 Å². The number of allylic oxidation sites excluding steroid dienone is 1. The first kappa shape index (κ1) is 25.8. The third-order valence-corrected chi connectivity index (χ3v) is 9.28. The summed E-state index contributed by atoms with van der Waals surface area (Å²) in [6, 6.07) is 12.8. The van der Waals surface area contributed by atoms with Crippen molar-refractivity contribution in [3.8, 4) is 0 Å². The summed E-state index contributed by atoms with van der Waals surface area (Å²) in [6.07, 6.45) is 0. The highest BCUT2D eigenvalue weighted by atomic mass is 35.5. The van der Waals surface area contributed by atoms with Gasteiger partial charge in [-0.15, -0.1) is 0 Å². The number of hydrogen-bond donors (Lipinski definition) is 0. The molecule has 2 aliphatic heterocycles. The fourth-order valence-electron chi connectivity index (χ4n) is 7.55. The molecule has 3 fully saturated rings. The smallest absolute Gasteiger partial charge is 0.334 e. The lowest BCUT2D eigenvalue weighted by Crippen LogP contribution is -2.61. The Hall–Kier alpha value is -3.49. The van der Waals surface area contributed by atoms with Crippen molar-refractivity contribution in [1.29, 1.82) is 0 Å². The van der Waals surface area contributed by atoms with Crippen molar-refractivity contribution in [2.45, 2.75) is 20.8 Å². The van der Waals surface area contributed by atoms with Gasteiger partial charge in [0.25, 0.3) is 0 Å². The number of esters is 1. The highest BCUT2D eigenvalue weighted by molar-refractivity contribution is 6.32. The van der Waals surface area contributed by atoms with Gasteiger partial charge in [-0.3, -0.25) is 19.2 Å². The van der Waals surface area contributed by atoms with E-state index in [1.807, 2.05) is 0 Å². The average Bonchev–Trinajstić information content (AvgIpc) is 3.30. The molecule has 2 aromatic rings. The van der Waals surface area contributed by atoms with Crippen molar-refractivity contribution in [1.82, 2.24) is 0 Å². The minimum atomic E-state index is -1.47. The normalized spacial score (nSPS) is 31.3. The second-order valence-corrected chi connectivity index (χ2v) is 11.5. The number of hydrogen-bond acceptors (Lipinski definition) is 6. The van der Waals surface area contributed by atoms with Gasteiger partial charge >= 0.3 is 5.97 Å². The molecule has 2 bridgehead atoms. The van der Waals surface area contributed by atoms with Crippen LogP contribution in [-0.4, -0.2) is 36.2 Å². The summed E-state index contributed by atoms with van der Waals surface area (Å²) in [6.45, 7) is 5.09. The van der Waals surface area contributed by atoms with Crippen molar-refractivity contribution in [3.63, 3.8) is 0 Å². The first-order chi connectivity index (χ1) is 18.5. The molecule has 2 heterocycles. The highest BCUT2D eigenvalue weighted by Gasteiger charge is 2.77. The van der Waals surface area contributed by atoms with E-state index in [0.717, 1.165) is 9.80 Å². The second kappa shape index (κ2) is 8.76. The van der Waals surface area contributed by atoms with Crippen molar-refractivity contribution in [2.24, 2.45) is 35.0 Å². The molecule has 10 heteroatoms. The van der Waals surface area contributed by atoms with Crippen molar-refractivity contribution >= 4 is 64.2 Å². The lowest BCUT2D eigenvalue weighted by Gasteiger charge is -2.55. The Bertz CT molecular complexity index is 1440. The zero-order chi connectivity index (χ0) is 28.0. The van der Waals surface area contributed by atoms with Crippen LogP contribution in [-0.2, 0) is 28.7 Å². The first-order valence-electron chi connectivity index (χ1n) is 12.7. The number of ether oxygens (including phenoxy) is 1. The molecule has 2 unspecified atom stereocenters. The van der Waals surface area contributed by atoms with Crippen LogP contribution < -0.4 is 9.80 Å². The Morgan fingerprint density at radius 3 is 1.69 bits per heavy atom. The molecule has 4 amide bonds. The van der Waals surface area contributed by atoms with Gasteiger partial charge in [-0.25, -0.2) is 14.6 Å². The van der Waals surface area contributed by atoms with Crippen molar-refractivity contribution < 1.29 is 28.7 Å². The molecule has 200 valence electrons. The van der Waals surface area contributed by atoms with Gasteiger partial charge in [-0.1, -0.05) is 47.8 Å². The summed E-state index contributed by atoms with van der Waals surface area (Å²) in [7, 11) is 0. The van der Waals surface area contributed by atoms with E-state index in [-0.39, 0.29) is 12.2 Å². The topological polar surface area (TPSA) is 101 Å². The Kier molecular flexibility index (Phi) is 5.79. The van der Waals surface area contributed by atoms with Gasteiger partial charge in [-0.05, 0) is 50.2 Å². The summed E-state index contributed by atoms with van der Waals surface area (Å²) >= 11 is 12.3. The highest BCUT2D eigenvalue weighted by Crippen LogP contribution is 2.68. The summed E-state index contributed by atoms with van der Waals surface area (Å²) in [4.78, 5) is 71.8. The number of benzene rings is 2. The molecule has 1 saturated carbocycles. The number of imide groups is 2. The molecule has 5 aliphatic rings. The second-order valence-electron chi connectivity index (χ2n) is 10.6. The molecule has 7 rings (SSSR count). The Balaban J connectivity index is 1.55. The Labute approximate surface area is 234 Å². The van der Waals surface area contributed by atoms with E-state index in [0.29, 0.717) is 27.0 Å². The minimum Gasteiger partial charge on any atom is -0.463 e. The fraction of sp³-hybridized carbons (Fsp3) is 0.345. The monoisotopic (exact) mass is 566 g/mol. The minimum absolute atomic E-state index is 0.0849. The van der Waals surface area contributed by atoms with E-state index in [9.17, 15) is 24.0 Å². The van der Waals surface area contributed by atoms with Gasteiger partial charge in [0.05, 0.1) is 41.7 Å². The molecular formula is C29H24Cl2N2O6. The summed E-state index contributed by atoms with van der Waals surface area (Å²) < 4.78 is 5.39. The van der Waals surface area contributed by atoms with E-state index in [4.69, 9.17) is 27.9 Å². The van der Waals surface area contributed by atoms with Gasteiger partial charge in [-0.2, -0.15) is 0 Å². The number of amides is 4. The molecule has 0 N–H and O–H groups in total. The lowest BCUT2D eigenvalue weighted by atomic mass is 9.43. The van der Waals surface area contributed by atoms with Crippen molar-refractivity contribution in [2.75, 3.05) is 16.4 Å². The lowest BCUT2D eigenvalue weighted by molar-refractivity contribution is -0.155. The molecular weight excluding hydrogens is 543 g/mol. The quantitative estimate of drug-likeness (QED) is 0.400. The SMILES string of the molecule is CCOC(=O)C1=C(C)C2[C@H]3C(=O)N(c4cccc(Cl)c4)C(=O)[C@@H]3C1(C)[C@H]1C(=O)N(c3cccc(Cl)c3)C(=O)[C@@H]21. The predicted molar refractivity (Wildman–Crippen MR) is 143 cm³/mol. The zero-order valence-corrected chi connectivity index (χ0v) is 22.8. The van der Waals surface area contributed by atoms with Gasteiger partial charge in [0.1, 0.15) is 0 Å². The van der Waals surface area contributed by atoms with Crippen LogP contribution in [0.1, 0.15) is 20.8 Å². The summed E-state index contributed by atoms with van der Waals surface area (Å²) in [5.74, 6) is -7.48. The van der Waals surface area contributed by atoms with Gasteiger partial charge in [0.15, 0.2) is 0 Å². The van der Waals surface area contributed by atoms with E-state index >= 15 is 0 Å². The van der Waals surface area contributed by atoms with Crippen LogP contribution >= 0.6 is 23.2 Å². The number of halogens is 2. The molecule has 2 saturated heterocycles. The maximum atomic E-state index is 14.1. The number of anilines is 2. The predicted octanol–water partition coefficient (Wildman–Crippen LogP) is 4.43. The molecule has 0 radical (unpaired) electrons. The molecule has 8 nitrogen and oxygen atoms in total. The van der Waals surface area contributed by atoms with Crippen LogP contribution in [0.25, 0.3) is 0 Å². The third kappa shape index (κ3) is 3.28. The molecule has 2 aromatic carbocycles. The number of carbonyl (C=O) groups is 5. The van der Waals surface area contributed by atoms with Crippen LogP contribution in [0.4, 0.5) is 11.4 Å². The third-order valence-electron chi connectivity index (χ3n) is 8.81.